The molecule has 0 radical (unpaired) electrons. The summed E-state index contributed by atoms with van der Waals surface area (Å²) in [5, 5.41) is 8.98. The maximum Gasteiger partial charge on any atom is 0.224 e. The van der Waals surface area contributed by atoms with Gasteiger partial charge in [-0.25, -0.2) is 4.98 Å². The number of rotatable bonds is 2. The molecule has 2 heterocycles. The number of fused-ring (bicyclic) bond motifs is 1. The second kappa shape index (κ2) is 3.42. The van der Waals surface area contributed by atoms with Gasteiger partial charge in [-0.05, 0) is 12.0 Å². The number of anilines is 2. The highest BCUT2D eigenvalue weighted by molar-refractivity contribution is 5.84. The summed E-state index contributed by atoms with van der Waals surface area (Å²) in [7, 11) is 0. The Morgan fingerprint density at radius 2 is 2.29 bits per heavy atom. The zero-order valence-electron chi connectivity index (χ0n) is 9.04. The van der Waals surface area contributed by atoms with Crippen LogP contribution in [0.5, 0.6) is 0 Å². The highest BCUT2D eigenvalue weighted by atomic mass is 16.3. The molecule has 0 aliphatic heterocycles. The van der Waals surface area contributed by atoms with Crippen LogP contribution < -0.4 is 11.5 Å². The molecule has 1 aliphatic rings. The van der Waals surface area contributed by atoms with Crippen molar-refractivity contribution in [1.29, 1.82) is 0 Å². The fourth-order valence-electron chi connectivity index (χ4n) is 1.79. The van der Waals surface area contributed by atoms with Crippen LogP contribution in [-0.4, -0.2) is 31.2 Å². The number of hydrogen-bond acceptors (Lipinski definition) is 6. The van der Waals surface area contributed by atoms with E-state index in [9.17, 15) is 0 Å². The molecule has 1 aliphatic carbocycles. The Kier molecular flexibility index (Phi) is 2.02. The molecule has 0 saturated heterocycles. The van der Waals surface area contributed by atoms with Crippen molar-refractivity contribution in [2.24, 2.45) is 5.92 Å². The number of aliphatic hydroxyl groups is 1. The third-order valence-corrected chi connectivity index (χ3v) is 2.84. The van der Waals surface area contributed by atoms with Crippen molar-refractivity contribution in [2.45, 2.75) is 6.42 Å². The first-order valence-corrected chi connectivity index (χ1v) is 5.26. The summed E-state index contributed by atoms with van der Waals surface area (Å²) in [4.78, 5) is 12.1. The minimum Gasteiger partial charge on any atom is -0.396 e. The number of nitrogens with zero attached hydrogens (tertiary/aromatic N) is 4. The third kappa shape index (κ3) is 1.60. The van der Waals surface area contributed by atoms with Gasteiger partial charge < -0.3 is 16.6 Å². The lowest BCUT2D eigenvalue weighted by Crippen LogP contribution is -2.01. The maximum absolute atomic E-state index is 8.98. The molecule has 7 heteroatoms. The Hall–Kier alpha value is -2.15. The zero-order valence-corrected chi connectivity index (χ0v) is 9.04. The Bertz CT molecular complexity index is 617. The van der Waals surface area contributed by atoms with Crippen LogP contribution in [0.4, 0.5) is 11.8 Å². The number of imidazole rings is 1. The molecule has 0 aromatic carbocycles. The smallest absolute Gasteiger partial charge is 0.224 e. The normalized spacial score (nSPS) is 21.2. The number of nitrogen functional groups attached to an aromatic ring is 2. The largest absolute Gasteiger partial charge is 0.396 e. The first-order chi connectivity index (χ1) is 8.19. The van der Waals surface area contributed by atoms with Crippen molar-refractivity contribution >= 4 is 29.1 Å². The van der Waals surface area contributed by atoms with Gasteiger partial charge in [-0.1, -0.05) is 0 Å². The molecular formula is C10H12N6O. The molecule has 1 saturated carbocycles. The minimum atomic E-state index is 0.129. The molecular weight excluding hydrogens is 220 g/mol. The molecule has 88 valence electrons. The summed E-state index contributed by atoms with van der Waals surface area (Å²) in [6.45, 7) is 0.178. The van der Waals surface area contributed by atoms with E-state index in [1.165, 1.54) is 5.57 Å². The Balaban J connectivity index is 2.09. The highest BCUT2D eigenvalue weighted by Gasteiger charge is 2.28. The van der Waals surface area contributed by atoms with Crippen molar-refractivity contribution in [2.75, 3.05) is 18.1 Å². The van der Waals surface area contributed by atoms with Gasteiger partial charge in [0.2, 0.25) is 5.95 Å². The van der Waals surface area contributed by atoms with Gasteiger partial charge in [0, 0.05) is 18.7 Å². The molecule has 7 nitrogen and oxygen atoms in total. The Morgan fingerprint density at radius 3 is 3.00 bits per heavy atom. The van der Waals surface area contributed by atoms with Crippen LogP contribution in [0.1, 0.15) is 6.42 Å². The van der Waals surface area contributed by atoms with Crippen LogP contribution in [-0.2, 0) is 0 Å². The van der Waals surface area contributed by atoms with Gasteiger partial charge in [-0.3, -0.25) is 4.57 Å². The molecule has 3 rings (SSSR count). The molecule has 5 N–H and O–H groups in total. The van der Waals surface area contributed by atoms with Crippen LogP contribution in [0, 0.1) is 5.92 Å². The highest BCUT2D eigenvalue weighted by Crippen LogP contribution is 2.37. The number of hydrogen-bond donors (Lipinski definition) is 3. The standard InChI is InChI=1S/C10H12N6O/c11-8-7-9(15-10(12)14-8)16(4-13-7)2-5-1-6(5)3-17/h2,4,6,17H,1,3H2,(H4,11,12,14,15). The predicted octanol–water partition coefficient (Wildman–Crippen LogP) is -0.156. The second-order valence-electron chi connectivity index (χ2n) is 4.08. The van der Waals surface area contributed by atoms with E-state index in [1.54, 1.807) is 10.9 Å². The summed E-state index contributed by atoms with van der Waals surface area (Å²) in [5.74, 6) is 0.674. The average molecular weight is 232 g/mol. The van der Waals surface area contributed by atoms with Crippen LogP contribution in [0.25, 0.3) is 17.4 Å². The first kappa shape index (κ1) is 10.0. The Morgan fingerprint density at radius 1 is 1.47 bits per heavy atom. The number of nitrogens with two attached hydrogens (primary N) is 2. The van der Waals surface area contributed by atoms with Crippen LogP contribution in [0.2, 0.25) is 0 Å². The van der Waals surface area contributed by atoms with Gasteiger partial charge >= 0.3 is 0 Å². The SMILES string of the molecule is Nc1nc(N)c2ncn(C=C3CC3CO)c2n1. The van der Waals surface area contributed by atoms with E-state index >= 15 is 0 Å². The second-order valence-corrected chi connectivity index (χ2v) is 4.08. The van der Waals surface area contributed by atoms with Crippen molar-refractivity contribution < 1.29 is 5.11 Å². The first-order valence-electron chi connectivity index (χ1n) is 5.26. The molecule has 0 spiro atoms. The zero-order chi connectivity index (χ0) is 12.0. The van der Waals surface area contributed by atoms with Gasteiger partial charge in [0.25, 0.3) is 0 Å². The molecule has 0 bridgehead atoms. The van der Waals surface area contributed by atoms with Crippen LogP contribution in [0.15, 0.2) is 11.9 Å². The fourth-order valence-corrected chi connectivity index (χ4v) is 1.79. The predicted molar refractivity (Wildman–Crippen MR) is 63.6 cm³/mol. The fraction of sp³-hybridized carbons (Fsp3) is 0.300. The van der Waals surface area contributed by atoms with E-state index in [4.69, 9.17) is 16.6 Å². The van der Waals surface area contributed by atoms with Gasteiger partial charge in [-0.2, -0.15) is 9.97 Å². The Labute approximate surface area is 96.8 Å². The van der Waals surface area contributed by atoms with E-state index in [2.05, 4.69) is 15.0 Å². The van der Waals surface area contributed by atoms with E-state index in [1.807, 2.05) is 6.20 Å². The number of aromatic nitrogens is 4. The topological polar surface area (TPSA) is 116 Å². The van der Waals surface area contributed by atoms with Crippen LogP contribution >= 0.6 is 0 Å². The van der Waals surface area contributed by atoms with E-state index in [-0.39, 0.29) is 24.3 Å². The van der Waals surface area contributed by atoms with Crippen molar-refractivity contribution in [3.8, 4) is 0 Å². The lowest BCUT2D eigenvalue weighted by molar-refractivity contribution is 0.281. The van der Waals surface area contributed by atoms with Gasteiger partial charge in [-0.15, -0.1) is 0 Å². The molecule has 17 heavy (non-hydrogen) atoms. The van der Waals surface area contributed by atoms with Crippen LogP contribution in [0.3, 0.4) is 0 Å². The minimum absolute atomic E-state index is 0.129. The lowest BCUT2D eigenvalue weighted by Gasteiger charge is -1.98. The van der Waals surface area contributed by atoms with E-state index < -0.39 is 0 Å². The lowest BCUT2D eigenvalue weighted by atomic mass is 10.4. The van der Waals surface area contributed by atoms with E-state index in [0.717, 1.165) is 6.42 Å². The summed E-state index contributed by atoms with van der Waals surface area (Å²) in [5.41, 5.74) is 13.5. The number of aliphatic hydroxyl groups excluding tert-OH is 1. The molecule has 0 amide bonds. The van der Waals surface area contributed by atoms with Gasteiger partial charge in [0.1, 0.15) is 6.33 Å². The summed E-state index contributed by atoms with van der Waals surface area (Å²) in [6, 6.07) is 0. The molecule has 2 aromatic rings. The van der Waals surface area contributed by atoms with E-state index in [0.29, 0.717) is 11.2 Å². The van der Waals surface area contributed by atoms with Crippen molar-refractivity contribution in [3.63, 3.8) is 0 Å². The maximum atomic E-state index is 8.98. The van der Waals surface area contributed by atoms with Crippen molar-refractivity contribution in [3.05, 3.63) is 11.9 Å². The molecule has 1 fully saturated rings. The van der Waals surface area contributed by atoms with Gasteiger partial charge in [0.05, 0.1) is 0 Å². The quantitative estimate of drug-likeness (QED) is 0.662. The summed E-state index contributed by atoms with van der Waals surface area (Å²) in [6.07, 6.45) is 4.43. The summed E-state index contributed by atoms with van der Waals surface area (Å²) < 4.78 is 1.76. The molecule has 2 aromatic heterocycles. The average Bonchev–Trinajstić information content (AvgIpc) is 2.92. The summed E-state index contributed by atoms with van der Waals surface area (Å²) >= 11 is 0. The molecule has 1 unspecified atom stereocenters. The van der Waals surface area contributed by atoms with Crippen molar-refractivity contribution in [1.82, 2.24) is 19.5 Å². The monoisotopic (exact) mass is 232 g/mol. The molecule has 1 atom stereocenters. The third-order valence-electron chi connectivity index (χ3n) is 2.84. The van der Waals surface area contributed by atoms with Gasteiger partial charge in [0.15, 0.2) is 17.0 Å².